The van der Waals surface area contributed by atoms with E-state index in [-0.39, 0.29) is 0 Å². The number of rotatable bonds is 7. The van der Waals surface area contributed by atoms with Crippen LogP contribution in [0.5, 0.6) is 0 Å². The lowest BCUT2D eigenvalue weighted by molar-refractivity contribution is 0.271. The van der Waals surface area contributed by atoms with Crippen LogP contribution in [0.15, 0.2) is 17.0 Å². The first-order valence-corrected chi connectivity index (χ1v) is 8.70. The zero-order chi connectivity index (χ0) is 16.2. The third kappa shape index (κ3) is 4.69. The third-order valence-electron chi connectivity index (χ3n) is 3.77. The van der Waals surface area contributed by atoms with Crippen LogP contribution in [0.1, 0.15) is 31.4 Å². The van der Waals surface area contributed by atoms with Gasteiger partial charge in [0, 0.05) is 18.3 Å². The van der Waals surface area contributed by atoms with E-state index < -0.39 is 10.0 Å². The van der Waals surface area contributed by atoms with Gasteiger partial charge in [-0.15, -0.1) is 0 Å². The molecule has 6 heteroatoms. The molecular formula is C15H27N3O2S. The molecule has 0 fully saturated rings. The van der Waals surface area contributed by atoms with Gasteiger partial charge >= 0.3 is 0 Å². The Kier molecular flexibility index (Phi) is 6.19. The number of nitrogen functional groups attached to an aromatic ring is 1. The lowest BCUT2D eigenvalue weighted by Crippen LogP contribution is -2.32. The smallest absolute Gasteiger partial charge is 0.241 e. The summed E-state index contributed by atoms with van der Waals surface area (Å²) in [6, 6.07) is 3.94. The van der Waals surface area contributed by atoms with E-state index >= 15 is 0 Å². The fourth-order valence-electron chi connectivity index (χ4n) is 2.12. The Balaban J connectivity index is 2.73. The molecule has 0 radical (unpaired) electrons. The van der Waals surface area contributed by atoms with Crippen molar-refractivity contribution >= 4 is 15.7 Å². The second kappa shape index (κ2) is 7.24. The van der Waals surface area contributed by atoms with Gasteiger partial charge in [0.05, 0.1) is 4.90 Å². The Bertz CT molecular complexity index is 583. The normalized spacial score (nSPS) is 12.3. The number of benzene rings is 1. The fourth-order valence-corrected chi connectivity index (χ4v) is 3.69. The number of nitrogens with two attached hydrogens (primary N) is 1. The van der Waals surface area contributed by atoms with Gasteiger partial charge in [0.2, 0.25) is 10.0 Å². The van der Waals surface area contributed by atoms with E-state index in [2.05, 4.69) is 23.5 Å². The zero-order valence-corrected chi connectivity index (χ0v) is 14.4. The molecule has 0 unspecified atom stereocenters. The fraction of sp³-hybridized carbons (Fsp3) is 0.600. The van der Waals surface area contributed by atoms with Gasteiger partial charge in [-0.1, -0.05) is 6.07 Å². The minimum Gasteiger partial charge on any atom is -0.398 e. The van der Waals surface area contributed by atoms with Crippen LogP contribution in [-0.4, -0.2) is 39.5 Å². The minimum atomic E-state index is -3.51. The molecule has 0 aliphatic carbocycles. The second-order valence-corrected chi connectivity index (χ2v) is 7.46. The summed E-state index contributed by atoms with van der Waals surface area (Å²) in [5.41, 5.74) is 7.64. The first kappa shape index (κ1) is 17.9. The lowest BCUT2D eigenvalue weighted by Gasteiger charge is -2.21. The first-order chi connectivity index (χ1) is 9.66. The van der Waals surface area contributed by atoms with Crippen molar-refractivity contribution < 1.29 is 8.42 Å². The molecule has 0 aliphatic rings. The van der Waals surface area contributed by atoms with Gasteiger partial charge in [-0.05, 0) is 64.9 Å². The predicted molar refractivity (Wildman–Crippen MR) is 87.9 cm³/mol. The van der Waals surface area contributed by atoms with Crippen molar-refractivity contribution in [2.24, 2.45) is 0 Å². The monoisotopic (exact) mass is 313 g/mol. The van der Waals surface area contributed by atoms with Crippen LogP contribution in [-0.2, 0) is 10.0 Å². The Hall–Kier alpha value is -1.11. The molecule has 0 amide bonds. The molecule has 0 atom stereocenters. The molecule has 21 heavy (non-hydrogen) atoms. The van der Waals surface area contributed by atoms with Crippen LogP contribution in [0, 0.1) is 13.8 Å². The molecule has 0 aliphatic heterocycles. The summed E-state index contributed by atoms with van der Waals surface area (Å²) in [4.78, 5) is 2.49. The molecule has 1 rings (SSSR count). The molecule has 0 aromatic heterocycles. The van der Waals surface area contributed by atoms with E-state index in [4.69, 9.17) is 5.73 Å². The highest BCUT2D eigenvalue weighted by molar-refractivity contribution is 7.89. The van der Waals surface area contributed by atoms with Crippen molar-refractivity contribution in [2.45, 2.75) is 45.1 Å². The van der Waals surface area contributed by atoms with Gasteiger partial charge in [0.25, 0.3) is 0 Å². The van der Waals surface area contributed by atoms with Crippen molar-refractivity contribution in [3.05, 3.63) is 23.3 Å². The Morgan fingerprint density at radius 3 is 2.48 bits per heavy atom. The van der Waals surface area contributed by atoms with Crippen LogP contribution in [0.3, 0.4) is 0 Å². The molecule has 0 bridgehead atoms. The van der Waals surface area contributed by atoms with Crippen molar-refractivity contribution in [2.75, 3.05) is 25.9 Å². The number of aryl methyl sites for hydroxylation is 1. The summed E-state index contributed by atoms with van der Waals surface area (Å²) >= 11 is 0. The lowest BCUT2D eigenvalue weighted by atomic mass is 10.1. The van der Waals surface area contributed by atoms with Crippen molar-refractivity contribution in [3.63, 3.8) is 0 Å². The second-order valence-electron chi connectivity index (χ2n) is 5.75. The maximum absolute atomic E-state index is 12.4. The number of hydrogen-bond acceptors (Lipinski definition) is 4. The third-order valence-corrected chi connectivity index (χ3v) is 5.52. The summed E-state index contributed by atoms with van der Waals surface area (Å²) in [7, 11) is -1.48. The summed E-state index contributed by atoms with van der Waals surface area (Å²) in [6.07, 6.45) is 0.772. The van der Waals surface area contributed by atoms with Gasteiger partial charge in [0.15, 0.2) is 0 Å². The van der Waals surface area contributed by atoms with Crippen LogP contribution in [0.4, 0.5) is 5.69 Å². The number of anilines is 1. The SMILES string of the molecule is Cc1ccc(N)c(C)c1S(=O)(=O)NCCCN(C)C(C)C. The zero-order valence-electron chi connectivity index (χ0n) is 13.6. The Morgan fingerprint density at radius 2 is 1.90 bits per heavy atom. The van der Waals surface area contributed by atoms with Crippen molar-refractivity contribution in [1.82, 2.24) is 9.62 Å². The molecule has 0 saturated carbocycles. The largest absolute Gasteiger partial charge is 0.398 e. The van der Waals surface area contributed by atoms with E-state index in [9.17, 15) is 8.42 Å². The Morgan fingerprint density at radius 1 is 1.29 bits per heavy atom. The van der Waals surface area contributed by atoms with Gasteiger partial charge in [-0.25, -0.2) is 13.1 Å². The highest BCUT2D eigenvalue weighted by Crippen LogP contribution is 2.24. The van der Waals surface area contributed by atoms with E-state index in [1.165, 1.54) is 0 Å². The average molecular weight is 313 g/mol. The van der Waals surface area contributed by atoms with Crippen molar-refractivity contribution in [1.29, 1.82) is 0 Å². The first-order valence-electron chi connectivity index (χ1n) is 7.22. The summed E-state index contributed by atoms with van der Waals surface area (Å²) in [5, 5.41) is 0. The molecule has 1 aromatic rings. The standard InChI is InChI=1S/C15H27N3O2S/c1-11(2)18(5)10-6-9-17-21(19,20)15-12(3)7-8-14(16)13(15)4/h7-8,11,17H,6,9-10,16H2,1-5H3. The predicted octanol–water partition coefficient (Wildman–Crippen LogP) is 1.89. The van der Waals surface area contributed by atoms with Crippen LogP contribution >= 0.6 is 0 Å². The summed E-state index contributed by atoms with van der Waals surface area (Å²) < 4.78 is 27.5. The van der Waals surface area contributed by atoms with E-state index in [0.29, 0.717) is 34.3 Å². The molecule has 3 N–H and O–H groups in total. The maximum atomic E-state index is 12.4. The summed E-state index contributed by atoms with van der Waals surface area (Å²) in [6.45, 7) is 9.03. The van der Waals surface area contributed by atoms with Crippen LogP contribution in [0.2, 0.25) is 0 Å². The highest BCUT2D eigenvalue weighted by Gasteiger charge is 2.20. The quantitative estimate of drug-likeness (QED) is 0.595. The van der Waals surface area contributed by atoms with Crippen molar-refractivity contribution in [3.8, 4) is 0 Å². The minimum absolute atomic E-state index is 0.305. The number of hydrogen-bond donors (Lipinski definition) is 2. The van der Waals surface area contributed by atoms with E-state index in [1.807, 2.05) is 7.05 Å². The molecule has 0 spiro atoms. The van der Waals surface area contributed by atoms with Gasteiger partial charge < -0.3 is 10.6 Å². The van der Waals surface area contributed by atoms with Gasteiger partial charge in [0.1, 0.15) is 0 Å². The molecule has 1 aromatic carbocycles. The topological polar surface area (TPSA) is 75.4 Å². The number of nitrogens with one attached hydrogen (secondary N) is 1. The average Bonchev–Trinajstić information content (AvgIpc) is 2.38. The van der Waals surface area contributed by atoms with Crippen LogP contribution in [0.25, 0.3) is 0 Å². The van der Waals surface area contributed by atoms with Gasteiger partial charge in [-0.3, -0.25) is 0 Å². The van der Waals surface area contributed by atoms with Gasteiger partial charge in [-0.2, -0.15) is 0 Å². The Labute approximate surface area is 128 Å². The molecular weight excluding hydrogens is 286 g/mol. The highest BCUT2D eigenvalue weighted by atomic mass is 32.2. The molecule has 0 heterocycles. The molecule has 5 nitrogen and oxygen atoms in total. The maximum Gasteiger partial charge on any atom is 0.241 e. The molecule has 120 valence electrons. The van der Waals surface area contributed by atoms with E-state index in [1.54, 1.807) is 26.0 Å². The van der Waals surface area contributed by atoms with E-state index in [0.717, 1.165) is 13.0 Å². The summed E-state index contributed by atoms with van der Waals surface area (Å²) in [5.74, 6) is 0. The molecule has 0 saturated heterocycles. The van der Waals surface area contributed by atoms with Crippen LogP contribution < -0.4 is 10.5 Å². The number of nitrogens with zero attached hydrogens (tertiary/aromatic N) is 1. The number of sulfonamides is 1.